The van der Waals surface area contributed by atoms with Crippen molar-refractivity contribution < 1.29 is 18.7 Å². The fourth-order valence-electron chi connectivity index (χ4n) is 2.11. The monoisotopic (exact) mass is 249 g/mol. The molecule has 0 bridgehead atoms. The Morgan fingerprint density at radius 1 is 1.39 bits per heavy atom. The van der Waals surface area contributed by atoms with Crippen LogP contribution < -0.4 is 0 Å². The van der Waals surface area contributed by atoms with Crippen LogP contribution >= 0.6 is 0 Å². The molecule has 94 valence electrons. The number of Topliss-reactive ketones (excluding diaryl/α,β-unsaturated/α-hetero) is 1. The molecule has 0 spiro atoms. The highest BCUT2D eigenvalue weighted by atomic mass is 19.1. The Hall–Kier alpha value is -1.72. The molecule has 2 heterocycles. The quantitative estimate of drug-likeness (QED) is 0.827. The summed E-state index contributed by atoms with van der Waals surface area (Å²) in [5, 5.41) is 0.578. The maximum atomic E-state index is 13.2. The Morgan fingerprint density at radius 3 is 3.06 bits per heavy atom. The van der Waals surface area contributed by atoms with Crippen molar-refractivity contribution in [1.29, 1.82) is 0 Å². The van der Waals surface area contributed by atoms with Crippen LogP contribution in [0.15, 0.2) is 24.4 Å². The Kier molecular flexibility index (Phi) is 2.85. The minimum Gasteiger partial charge on any atom is -0.376 e. The molecule has 0 amide bonds. The highest BCUT2D eigenvalue weighted by Gasteiger charge is 2.26. The van der Waals surface area contributed by atoms with E-state index in [1.807, 2.05) is 0 Å². The number of carbonyl (C=O) groups excluding carboxylic acids is 1. The van der Waals surface area contributed by atoms with Crippen LogP contribution in [0, 0.1) is 5.82 Å². The third kappa shape index (κ3) is 1.91. The lowest BCUT2D eigenvalue weighted by atomic mass is 10.1. The summed E-state index contributed by atoms with van der Waals surface area (Å²) in [6.45, 7) is 1.17. The van der Waals surface area contributed by atoms with Crippen molar-refractivity contribution in [2.24, 2.45) is 0 Å². The summed E-state index contributed by atoms with van der Waals surface area (Å²) in [6.07, 6.45) is 0.991. The number of rotatable bonds is 2. The molecule has 2 aromatic rings. The molecule has 4 nitrogen and oxygen atoms in total. The molecule has 1 fully saturated rings. The van der Waals surface area contributed by atoms with Gasteiger partial charge in [0.1, 0.15) is 11.9 Å². The molecule has 3 rings (SSSR count). The Labute approximate surface area is 103 Å². The molecule has 1 aliphatic heterocycles. The molecule has 1 aromatic heterocycles. The van der Waals surface area contributed by atoms with Gasteiger partial charge in [-0.15, -0.1) is 0 Å². The summed E-state index contributed by atoms with van der Waals surface area (Å²) in [4.78, 5) is 15.2. The molecule has 1 aromatic carbocycles. The van der Waals surface area contributed by atoms with Crippen LogP contribution in [0.5, 0.6) is 0 Å². The lowest BCUT2D eigenvalue weighted by Gasteiger charge is -2.21. The molecule has 1 atom stereocenters. The van der Waals surface area contributed by atoms with Crippen molar-refractivity contribution in [2.45, 2.75) is 6.10 Å². The Morgan fingerprint density at radius 2 is 2.28 bits per heavy atom. The average Bonchev–Trinajstić information content (AvgIpc) is 2.82. The van der Waals surface area contributed by atoms with E-state index in [1.54, 1.807) is 12.3 Å². The first-order valence-electron chi connectivity index (χ1n) is 5.76. The second-order valence-corrected chi connectivity index (χ2v) is 4.19. The normalized spacial score (nSPS) is 20.2. The summed E-state index contributed by atoms with van der Waals surface area (Å²) in [5.74, 6) is -0.538. The highest BCUT2D eigenvalue weighted by molar-refractivity contribution is 6.10. The average molecular weight is 249 g/mol. The van der Waals surface area contributed by atoms with Crippen LogP contribution in [0.25, 0.3) is 10.9 Å². The fraction of sp³-hybridized carbons (Fsp3) is 0.308. The van der Waals surface area contributed by atoms with E-state index in [-0.39, 0.29) is 18.2 Å². The van der Waals surface area contributed by atoms with Crippen molar-refractivity contribution in [3.05, 3.63) is 35.8 Å². The third-order valence-corrected chi connectivity index (χ3v) is 3.02. The summed E-state index contributed by atoms with van der Waals surface area (Å²) >= 11 is 0. The van der Waals surface area contributed by atoms with Gasteiger partial charge in [-0.2, -0.15) is 0 Å². The van der Waals surface area contributed by atoms with Gasteiger partial charge in [-0.1, -0.05) is 0 Å². The molecule has 0 aliphatic carbocycles. The number of carbonyl (C=O) groups is 1. The van der Waals surface area contributed by atoms with E-state index in [4.69, 9.17) is 9.47 Å². The number of halogens is 1. The summed E-state index contributed by atoms with van der Waals surface area (Å²) in [6, 6.07) is 4.32. The number of hydrogen-bond acceptors (Lipinski definition) is 3. The van der Waals surface area contributed by atoms with Crippen LogP contribution in [0.2, 0.25) is 0 Å². The molecule has 18 heavy (non-hydrogen) atoms. The van der Waals surface area contributed by atoms with Gasteiger partial charge in [0.05, 0.1) is 19.8 Å². The number of H-pyrrole nitrogens is 1. The maximum absolute atomic E-state index is 13.2. The zero-order valence-electron chi connectivity index (χ0n) is 9.61. The van der Waals surface area contributed by atoms with Gasteiger partial charge in [-0.05, 0) is 18.2 Å². The Bertz CT molecular complexity index is 587. The second kappa shape index (κ2) is 4.51. The van der Waals surface area contributed by atoms with Gasteiger partial charge in [0.25, 0.3) is 0 Å². The maximum Gasteiger partial charge on any atom is 0.196 e. The fourth-order valence-corrected chi connectivity index (χ4v) is 2.11. The van der Waals surface area contributed by atoms with Crippen molar-refractivity contribution in [3.8, 4) is 0 Å². The number of aromatic amines is 1. The molecule has 1 saturated heterocycles. The summed E-state index contributed by atoms with van der Waals surface area (Å²) in [5.41, 5.74) is 1.18. The van der Waals surface area contributed by atoms with Gasteiger partial charge in [0, 0.05) is 22.7 Å². The van der Waals surface area contributed by atoms with Crippen molar-refractivity contribution in [1.82, 2.24) is 4.98 Å². The van der Waals surface area contributed by atoms with Gasteiger partial charge < -0.3 is 14.5 Å². The first-order chi connectivity index (χ1) is 8.75. The summed E-state index contributed by atoms with van der Waals surface area (Å²) < 4.78 is 23.8. The lowest BCUT2D eigenvalue weighted by molar-refractivity contribution is -0.0718. The van der Waals surface area contributed by atoms with Gasteiger partial charge in [-0.3, -0.25) is 4.79 Å². The number of fused-ring (bicyclic) bond motifs is 1. The number of nitrogens with one attached hydrogen (secondary N) is 1. The van der Waals surface area contributed by atoms with Crippen LogP contribution in [-0.4, -0.2) is 36.7 Å². The van der Waals surface area contributed by atoms with Crippen molar-refractivity contribution in [2.75, 3.05) is 19.8 Å². The number of ether oxygens (including phenoxy) is 2. The number of hydrogen-bond donors (Lipinski definition) is 1. The van der Waals surface area contributed by atoms with E-state index in [0.29, 0.717) is 24.2 Å². The van der Waals surface area contributed by atoms with E-state index in [1.165, 1.54) is 12.1 Å². The van der Waals surface area contributed by atoms with Crippen molar-refractivity contribution >= 4 is 16.7 Å². The summed E-state index contributed by atoms with van der Waals surface area (Å²) in [7, 11) is 0. The second-order valence-electron chi connectivity index (χ2n) is 4.19. The standard InChI is InChI=1S/C13H12FNO3/c14-8-1-2-11-9(5-8)10(6-15-11)13(16)12-7-17-3-4-18-12/h1-2,5-6,12,15H,3-4,7H2. The van der Waals surface area contributed by atoms with E-state index >= 15 is 0 Å². The van der Waals surface area contributed by atoms with Crippen LogP contribution in [0.3, 0.4) is 0 Å². The number of ketones is 1. The van der Waals surface area contributed by atoms with E-state index in [2.05, 4.69) is 4.98 Å². The number of benzene rings is 1. The molecule has 1 unspecified atom stereocenters. The topological polar surface area (TPSA) is 51.3 Å². The molecule has 5 heteroatoms. The third-order valence-electron chi connectivity index (χ3n) is 3.02. The molecule has 0 radical (unpaired) electrons. The molecule has 0 saturated carbocycles. The predicted octanol–water partition coefficient (Wildman–Crippen LogP) is 1.91. The van der Waals surface area contributed by atoms with Crippen LogP contribution in [0.1, 0.15) is 10.4 Å². The van der Waals surface area contributed by atoms with Crippen LogP contribution in [0.4, 0.5) is 4.39 Å². The molecule has 1 aliphatic rings. The van der Waals surface area contributed by atoms with Gasteiger partial charge in [0.15, 0.2) is 5.78 Å². The van der Waals surface area contributed by atoms with E-state index < -0.39 is 6.10 Å². The van der Waals surface area contributed by atoms with E-state index in [9.17, 15) is 9.18 Å². The minimum atomic E-state index is -0.596. The van der Waals surface area contributed by atoms with Gasteiger partial charge in [0.2, 0.25) is 0 Å². The first kappa shape index (κ1) is 11.4. The lowest BCUT2D eigenvalue weighted by Crippen LogP contribution is -2.35. The molecular weight excluding hydrogens is 237 g/mol. The predicted molar refractivity (Wildman–Crippen MR) is 63.1 cm³/mol. The van der Waals surface area contributed by atoms with Crippen molar-refractivity contribution in [3.63, 3.8) is 0 Å². The van der Waals surface area contributed by atoms with Crippen LogP contribution in [-0.2, 0) is 9.47 Å². The van der Waals surface area contributed by atoms with Gasteiger partial charge >= 0.3 is 0 Å². The van der Waals surface area contributed by atoms with E-state index in [0.717, 1.165) is 5.52 Å². The van der Waals surface area contributed by atoms with Gasteiger partial charge in [-0.25, -0.2) is 4.39 Å². The largest absolute Gasteiger partial charge is 0.376 e. The SMILES string of the molecule is O=C(c1c[nH]c2ccc(F)cc12)C1COCCO1. The smallest absolute Gasteiger partial charge is 0.196 e. The highest BCUT2D eigenvalue weighted by Crippen LogP contribution is 2.22. The Balaban J connectivity index is 1.98. The minimum absolute atomic E-state index is 0.174. The zero-order chi connectivity index (χ0) is 12.5. The number of aromatic nitrogens is 1. The molecular formula is C13H12FNO3. The molecule has 1 N–H and O–H groups in total. The zero-order valence-corrected chi connectivity index (χ0v) is 9.61. The first-order valence-corrected chi connectivity index (χ1v) is 5.76.